The molecule has 2 aromatic rings. The van der Waals surface area contributed by atoms with E-state index in [4.69, 9.17) is 4.42 Å². The van der Waals surface area contributed by atoms with Crippen molar-refractivity contribution in [3.8, 4) is 0 Å². The average Bonchev–Trinajstić information content (AvgIpc) is 2.75. The highest BCUT2D eigenvalue weighted by Crippen LogP contribution is 2.32. The number of aromatic nitrogens is 1. The van der Waals surface area contributed by atoms with E-state index in [1.165, 1.54) is 0 Å². The van der Waals surface area contributed by atoms with Gasteiger partial charge in [-0.2, -0.15) is 0 Å². The summed E-state index contributed by atoms with van der Waals surface area (Å²) in [6.07, 6.45) is 4.43. The molecule has 2 N–H and O–H groups in total. The van der Waals surface area contributed by atoms with Gasteiger partial charge in [-0.25, -0.2) is 4.79 Å². The first-order chi connectivity index (χ1) is 14.0. The molecule has 0 aliphatic carbocycles. The fourth-order valence-electron chi connectivity index (χ4n) is 4.32. The van der Waals surface area contributed by atoms with Gasteiger partial charge in [-0.05, 0) is 62.9 Å². The molecule has 1 unspecified atom stereocenters. The highest BCUT2D eigenvalue weighted by atomic mass is 35.5. The summed E-state index contributed by atoms with van der Waals surface area (Å²) < 4.78 is 5.55. The van der Waals surface area contributed by atoms with E-state index < -0.39 is 11.2 Å². The Balaban J connectivity index is 0.00000171. The third-order valence-corrected chi connectivity index (χ3v) is 6.10. The first kappa shape index (κ1) is 25.3. The summed E-state index contributed by atoms with van der Waals surface area (Å²) >= 11 is 0. The summed E-state index contributed by atoms with van der Waals surface area (Å²) in [6, 6.07) is 7.28. The minimum Gasteiger partial charge on any atom is -0.427 e. The Morgan fingerprint density at radius 2 is 2.03 bits per heavy atom. The summed E-state index contributed by atoms with van der Waals surface area (Å²) in [5, 5.41) is 14.2. The first-order valence-corrected chi connectivity index (χ1v) is 10.3. The Hall–Kier alpha value is -1.93. The lowest BCUT2D eigenvalue weighted by atomic mass is 9.87. The number of nitrogens with zero attached hydrogens (tertiary/aromatic N) is 2. The molecule has 2 fully saturated rings. The molecule has 0 spiro atoms. The number of nitrogens with one attached hydrogen (secondary N) is 1. The molecule has 31 heavy (non-hydrogen) atoms. The van der Waals surface area contributed by atoms with Gasteiger partial charge in [-0.15, -0.1) is 24.8 Å². The van der Waals surface area contributed by atoms with Crippen molar-refractivity contribution in [2.75, 3.05) is 26.2 Å². The number of pyridine rings is 1. The highest BCUT2D eigenvalue weighted by molar-refractivity contribution is 5.95. The van der Waals surface area contributed by atoms with Gasteiger partial charge < -0.3 is 19.7 Å². The van der Waals surface area contributed by atoms with Crippen LogP contribution in [0, 0.1) is 6.92 Å². The zero-order valence-corrected chi connectivity index (χ0v) is 19.1. The topological polar surface area (TPSA) is 95.7 Å². The van der Waals surface area contributed by atoms with Crippen molar-refractivity contribution in [2.24, 2.45) is 0 Å². The van der Waals surface area contributed by atoms with Crippen molar-refractivity contribution in [3.63, 3.8) is 0 Å². The van der Waals surface area contributed by atoms with E-state index in [9.17, 15) is 14.7 Å². The molecule has 0 aromatic carbocycles. The summed E-state index contributed by atoms with van der Waals surface area (Å²) in [5.74, 6) is 0.495. The fourth-order valence-corrected chi connectivity index (χ4v) is 4.32. The maximum absolute atomic E-state index is 13.0. The number of piperidine rings is 2. The zero-order valence-electron chi connectivity index (χ0n) is 17.5. The Labute approximate surface area is 194 Å². The Bertz CT molecular complexity index is 938. The number of carbonyl (C=O) groups excluding carboxylic acids is 1. The number of halogens is 2. The van der Waals surface area contributed by atoms with E-state index in [2.05, 4.69) is 10.3 Å². The van der Waals surface area contributed by atoms with Gasteiger partial charge in [0.25, 0.3) is 5.91 Å². The number of carbonyl (C=O) groups is 1. The molecule has 2 aliphatic heterocycles. The van der Waals surface area contributed by atoms with Crippen LogP contribution in [0.4, 0.5) is 0 Å². The van der Waals surface area contributed by atoms with E-state index in [1.807, 2.05) is 12.1 Å². The van der Waals surface area contributed by atoms with Gasteiger partial charge in [0.15, 0.2) is 0 Å². The van der Waals surface area contributed by atoms with Crippen molar-refractivity contribution < 1.29 is 14.3 Å². The van der Waals surface area contributed by atoms with Gasteiger partial charge in [0.05, 0.1) is 5.69 Å². The minimum absolute atomic E-state index is 0. The SMILES string of the molecule is Cc1cc(C2CCCNC2)oc(=O)c1C(=O)N1CCC(O)(c2ccccn2)CC1.Cl.Cl. The maximum atomic E-state index is 13.0. The van der Waals surface area contributed by atoms with Crippen molar-refractivity contribution in [1.29, 1.82) is 0 Å². The van der Waals surface area contributed by atoms with Crippen LogP contribution >= 0.6 is 24.8 Å². The van der Waals surface area contributed by atoms with Crippen LogP contribution in [0.2, 0.25) is 0 Å². The van der Waals surface area contributed by atoms with E-state index >= 15 is 0 Å². The largest absolute Gasteiger partial charge is 0.427 e. The monoisotopic (exact) mass is 469 g/mol. The lowest BCUT2D eigenvalue weighted by Gasteiger charge is -2.37. The quantitative estimate of drug-likeness (QED) is 0.717. The van der Waals surface area contributed by atoms with Crippen LogP contribution in [0.15, 0.2) is 39.7 Å². The van der Waals surface area contributed by atoms with E-state index in [1.54, 1.807) is 30.2 Å². The zero-order chi connectivity index (χ0) is 20.4. The number of likely N-dealkylation sites (tertiary alicyclic amines) is 1. The van der Waals surface area contributed by atoms with Crippen LogP contribution in [0.25, 0.3) is 0 Å². The molecule has 4 rings (SSSR count). The normalized spacial score (nSPS) is 20.3. The molecule has 4 heterocycles. The van der Waals surface area contributed by atoms with Crippen molar-refractivity contribution in [3.05, 3.63) is 63.5 Å². The number of aliphatic hydroxyl groups is 1. The number of amides is 1. The number of hydrogen-bond donors (Lipinski definition) is 2. The molecule has 7 nitrogen and oxygen atoms in total. The van der Waals surface area contributed by atoms with Crippen LogP contribution in [0.1, 0.15) is 59.0 Å². The van der Waals surface area contributed by atoms with Crippen LogP contribution in [-0.4, -0.2) is 47.1 Å². The predicted octanol–water partition coefficient (Wildman–Crippen LogP) is 2.78. The van der Waals surface area contributed by atoms with E-state index in [0.29, 0.717) is 42.9 Å². The second kappa shape index (κ2) is 10.6. The summed E-state index contributed by atoms with van der Waals surface area (Å²) in [6.45, 7) is 4.28. The predicted molar refractivity (Wildman–Crippen MR) is 122 cm³/mol. The van der Waals surface area contributed by atoms with E-state index in [-0.39, 0.29) is 42.2 Å². The maximum Gasteiger partial charge on any atom is 0.349 e. The lowest BCUT2D eigenvalue weighted by Crippen LogP contribution is -2.46. The number of hydrogen-bond acceptors (Lipinski definition) is 6. The van der Waals surface area contributed by atoms with Gasteiger partial charge in [-0.1, -0.05) is 6.07 Å². The average molecular weight is 470 g/mol. The molecule has 0 bridgehead atoms. The summed E-state index contributed by atoms with van der Waals surface area (Å²) in [7, 11) is 0. The van der Waals surface area contributed by atoms with Gasteiger partial charge in [0.2, 0.25) is 0 Å². The molecule has 1 atom stereocenters. The number of aryl methyl sites for hydroxylation is 1. The Morgan fingerprint density at radius 3 is 2.61 bits per heavy atom. The number of rotatable bonds is 3. The van der Waals surface area contributed by atoms with Crippen LogP contribution < -0.4 is 10.9 Å². The molecule has 0 radical (unpaired) electrons. The second-order valence-corrected chi connectivity index (χ2v) is 8.08. The molecular weight excluding hydrogens is 441 g/mol. The van der Waals surface area contributed by atoms with Gasteiger partial charge >= 0.3 is 5.63 Å². The summed E-state index contributed by atoms with van der Waals surface area (Å²) in [4.78, 5) is 31.6. The Kier molecular flexibility index (Phi) is 8.65. The molecule has 2 aromatic heterocycles. The van der Waals surface area contributed by atoms with E-state index in [0.717, 1.165) is 25.9 Å². The Morgan fingerprint density at radius 1 is 1.29 bits per heavy atom. The molecule has 170 valence electrons. The molecule has 1 amide bonds. The van der Waals surface area contributed by atoms with Gasteiger partial charge in [0, 0.05) is 31.7 Å². The second-order valence-electron chi connectivity index (χ2n) is 8.08. The minimum atomic E-state index is -1.05. The lowest BCUT2D eigenvalue weighted by molar-refractivity contribution is -0.0245. The molecule has 9 heteroatoms. The van der Waals surface area contributed by atoms with Crippen molar-refractivity contribution in [1.82, 2.24) is 15.2 Å². The van der Waals surface area contributed by atoms with Crippen LogP contribution in [0.3, 0.4) is 0 Å². The van der Waals surface area contributed by atoms with Crippen molar-refractivity contribution >= 4 is 30.7 Å². The van der Waals surface area contributed by atoms with Gasteiger partial charge in [-0.3, -0.25) is 9.78 Å². The third-order valence-electron chi connectivity index (χ3n) is 6.10. The smallest absolute Gasteiger partial charge is 0.349 e. The summed E-state index contributed by atoms with van der Waals surface area (Å²) in [5.41, 5.74) is -0.247. The standard InChI is InChI=1S/C22H27N3O4.2ClH/c1-15-13-17(16-5-4-9-23-14-16)29-21(27)19(15)20(26)25-11-7-22(28,8-12-25)18-6-2-3-10-24-18;;/h2-3,6,10,13,16,23,28H,4-5,7-9,11-12,14H2,1H3;2*1H. The molecular formula is C22H29Cl2N3O4. The van der Waals surface area contributed by atoms with Crippen LogP contribution in [-0.2, 0) is 5.60 Å². The molecule has 0 saturated carbocycles. The third kappa shape index (κ3) is 5.29. The molecule has 2 saturated heterocycles. The fraction of sp³-hybridized carbons (Fsp3) is 0.500. The first-order valence-electron chi connectivity index (χ1n) is 10.3. The van der Waals surface area contributed by atoms with Crippen LogP contribution in [0.5, 0.6) is 0 Å². The highest BCUT2D eigenvalue weighted by Gasteiger charge is 2.37. The molecule has 2 aliphatic rings. The van der Waals surface area contributed by atoms with Gasteiger partial charge in [0.1, 0.15) is 16.9 Å². The van der Waals surface area contributed by atoms with Crippen molar-refractivity contribution in [2.45, 2.75) is 44.1 Å².